The second kappa shape index (κ2) is 9.79. The second-order valence-corrected chi connectivity index (χ2v) is 12.1. The molecule has 2 bridgehead atoms. The Labute approximate surface area is 230 Å². The molecule has 4 aromatic rings. The van der Waals surface area contributed by atoms with E-state index in [9.17, 15) is 0 Å². The molecular formula is C28H33FN8OS. The van der Waals surface area contributed by atoms with Crippen LogP contribution >= 0.6 is 11.3 Å². The zero-order valence-corrected chi connectivity index (χ0v) is 23.0. The molecule has 0 saturated carbocycles. The van der Waals surface area contributed by atoms with Crippen LogP contribution in [-0.4, -0.2) is 75.2 Å². The van der Waals surface area contributed by atoms with E-state index in [-0.39, 0.29) is 17.2 Å². The average molecular weight is 549 g/mol. The van der Waals surface area contributed by atoms with Gasteiger partial charge < -0.3 is 20.7 Å². The number of ether oxygens (including phenoxy) is 1. The third-order valence-corrected chi connectivity index (χ3v) is 9.28. The molecule has 3 N–H and O–H groups in total. The van der Waals surface area contributed by atoms with Crippen LogP contribution in [0.5, 0.6) is 6.01 Å². The Morgan fingerprint density at radius 1 is 1.13 bits per heavy atom. The summed E-state index contributed by atoms with van der Waals surface area (Å²) in [6, 6.07) is 5.42. The largest absolute Gasteiger partial charge is 0.462 e. The van der Waals surface area contributed by atoms with Crippen molar-refractivity contribution in [2.75, 3.05) is 36.9 Å². The predicted molar refractivity (Wildman–Crippen MR) is 153 cm³/mol. The first-order valence-corrected chi connectivity index (χ1v) is 14.7. The lowest BCUT2D eigenvalue weighted by Crippen LogP contribution is -2.51. The van der Waals surface area contributed by atoms with Crippen molar-refractivity contribution in [2.24, 2.45) is 0 Å². The van der Waals surface area contributed by atoms with Crippen LogP contribution in [0.2, 0.25) is 0 Å². The molecule has 3 saturated heterocycles. The van der Waals surface area contributed by atoms with Gasteiger partial charge in [-0.3, -0.25) is 9.88 Å². The van der Waals surface area contributed by atoms with E-state index in [1.165, 1.54) is 11.3 Å². The summed E-state index contributed by atoms with van der Waals surface area (Å²) in [5.41, 5.74) is 7.64. The van der Waals surface area contributed by atoms with Crippen LogP contribution in [0.15, 0.2) is 23.7 Å². The van der Waals surface area contributed by atoms with E-state index in [2.05, 4.69) is 43.9 Å². The number of rotatable bonds is 6. The zero-order valence-electron chi connectivity index (χ0n) is 22.2. The molecule has 9 nitrogen and oxygen atoms in total. The lowest BCUT2D eigenvalue weighted by Gasteiger charge is -2.34. The number of aromatic nitrogens is 4. The van der Waals surface area contributed by atoms with Gasteiger partial charge in [-0.1, -0.05) is 0 Å². The van der Waals surface area contributed by atoms with E-state index < -0.39 is 5.82 Å². The van der Waals surface area contributed by atoms with Gasteiger partial charge in [0.05, 0.1) is 15.6 Å². The minimum absolute atomic E-state index is 0.213. The molecule has 39 heavy (non-hydrogen) atoms. The van der Waals surface area contributed by atoms with E-state index in [0.717, 1.165) is 50.0 Å². The van der Waals surface area contributed by atoms with Crippen LogP contribution in [0.4, 0.5) is 16.0 Å². The highest BCUT2D eigenvalue weighted by Crippen LogP contribution is 2.38. The number of fused-ring (bicyclic) bond motifs is 4. The van der Waals surface area contributed by atoms with Crippen molar-refractivity contribution in [1.82, 2.24) is 30.2 Å². The van der Waals surface area contributed by atoms with Gasteiger partial charge in [0.25, 0.3) is 0 Å². The van der Waals surface area contributed by atoms with E-state index >= 15 is 4.39 Å². The molecule has 0 aliphatic carbocycles. The van der Waals surface area contributed by atoms with E-state index in [1.54, 1.807) is 12.3 Å². The van der Waals surface area contributed by atoms with E-state index in [1.807, 2.05) is 11.4 Å². The Bertz CT molecular complexity index is 1530. The zero-order chi connectivity index (χ0) is 26.7. The van der Waals surface area contributed by atoms with Crippen molar-refractivity contribution in [3.63, 3.8) is 0 Å². The number of nitrogens with two attached hydrogens (primary N) is 1. The third kappa shape index (κ3) is 4.46. The van der Waals surface area contributed by atoms with Crippen molar-refractivity contribution < 1.29 is 9.13 Å². The summed E-state index contributed by atoms with van der Waals surface area (Å²) < 4.78 is 23.5. The highest BCUT2D eigenvalue weighted by molar-refractivity contribution is 7.17. The third-order valence-electron chi connectivity index (χ3n) is 8.34. The highest BCUT2D eigenvalue weighted by atomic mass is 32.1. The predicted octanol–water partition coefficient (Wildman–Crippen LogP) is 4.22. The molecular weight excluding hydrogens is 515 g/mol. The maximum Gasteiger partial charge on any atom is 0.319 e. The average Bonchev–Trinajstić information content (AvgIpc) is 3.65. The molecule has 0 radical (unpaired) electrons. The molecule has 11 heteroatoms. The Balaban J connectivity index is 1.31. The first kappa shape index (κ1) is 24.9. The fourth-order valence-electron chi connectivity index (χ4n) is 6.47. The summed E-state index contributed by atoms with van der Waals surface area (Å²) in [5.74, 6) is 0.586. The van der Waals surface area contributed by atoms with Crippen molar-refractivity contribution >= 4 is 44.1 Å². The minimum Gasteiger partial charge on any atom is -0.462 e. The molecule has 0 amide bonds. The van der Waals surface area contributed by atoms with Crippen molar-refractivity contribution in [1.29, 1.82) is 0 Å². The van der Waals surface area contributed by atoms with Crippen molar-refractivity contribution in [3.05, 3.63) is 29.5 Å². The molecule has 4 aromatic heterocycles. The smallest absolute Gasteiger partial charge is 0.319 e. The van der Waals surface area contributed by atoms with Crippen molar-refractivity contribution in [2.45, 2.75) is 63.7 Å². The normalized spacial score (nSPS) is 23.5. The van der Waals surface area contributed by atoms with E-state index in [4.69, 9.17) is 15.5 Å². The van der Waals surface area contributed by atoms with Crippen LogP contribution in [0, 0.1) is 5.82 Å². The van der Waals surface area contributed by atoms with E-state index in [0.29, 0.717) is 58.9 Å². The maximum atomic E-state index is 16.4. The molecule has 3 aliphatic heterocycles. The molecule has 3 fully saturated rings. The van der Waals surface area contributed by atoms with Crippen LogP contribution < -0.4 is 20.7 Å². The molecule has 0 aromatic carbocycles. The number of thiophene rings is 1. The van der Waals surface area contributed by atoms with Gasteiger partial charge in [0, 0.05) is 54.4 Å². The highest BCUT2D eigenvalue weighted by Gasteiger charge is 2.34. The number of nitrogen functional groups attached to an aromatic ring is 1. The van der Waals surface area contributed by atoms with Gasteiger partial charge >= 0.3 is 6.01 Å². The number of nitrogens with one attached hydrogen (secondary N) is 1. The Hall–Kier alpha value is -3.15. The lowest BCUT2D eigenvalue weighted by atomic mass is 10.1. The second-order valence-electron chi connectivity index (χ2n) is 11.2. The van der Waals surface area contributed by atoms with Crippen LogP contribution in [0.25, 0.3) is 32.4 Å². The maximum absolute atomic E-state index is 16.4. The molecule has 204 valence electrons. The minimum atomic E-state index is -0.493. The van der Waals surface area contributed by atoms with Gasteiger partial charge in [0.15, 0.2) is 5.82 Å². The summed E-state index contributed by atoms with van der Waals surface area (Å²) in [7, 11) is 0. The first-order valence-electron chi connectivity index (χ1n) is 13.8. The molecule has 3 atom stereocenters. The summed E-state index contributed by atoms with van der Waals surface area (Å²) in [6.07, 6.45) is 6.20. The summed E-state index contributed by atoms with van der Waals surface area (Å²) >= 11 is 1.49. The number of hydrogen-bond acceptors (Lipinski definition) is 10. The molecule has 3 aliphatic rings. The number of nitrogens with zero attached hydrogens (tertiary/aromatic N) is 6. The summed E-state index contributed by atoms with van der Waals surface area (Å²) in [6.45, 7) is 7.59. The quantitative estimate of drug-likeness (QED) is 0.366. The summed E-state index contributed by atoms with van der Waals surface area (Å²) in [5, 5.41) is 6.14. The number of pyridine rings is 2. The molecule has 0 spiro atoms. The Morgan fingerprint density at radius 2 is 1.95 bits per heavy atom. The topological polar surface area (TPSA) is 105 Å². The number of piperazine rings is 1. The van der Waals surface area contributed by atoms with Gasteiger partial charge in [0.1, 0.15) is 29.5 Å². The number of likely N-dealkylation sites (tertiary alicyclic amines) is 1. The number of hydrogen-bond donors (Lipinski definition) is 2. The first-order chi connectivity index (χ1) is 18.9. The van der Waals surface area contributed by atoms with Gasteiger partial charge in [-0.25, -0.2) is 9.37 Å². The van der Waals surface area contributed by atoms with Crippen LogP contribution in [0.3, 0.4) is 0 Å². The fraction of sp³-hybridized carbons (Fsp3) is 0.500. The van der Waals surface area contributed by atoms with Crippen LogP contribution in [0.1, 0.15) is 39.5 Å². The van der Waals surface area contributed by atoms with Crippen molar-refractivity contribution in [3.8, 4) is 17.3 Å². The number of anilines is 2. The number of halogens is 1. The molecule has 7 rings (SSSR count). The Kier molecular flexibility index (Phi) is 6.24. The van der Waals surface area contributed by atoms with Gasteiger partial charge in [-0.2, -0.15) is 9.97 Å². The SMILES string of the molecule is CC(C)N1CCC[C@H]1COc1nc(N2CC3CCC(C2)N3)c2cnc(-c3csc4ccc(N)nc34)c(F)c2n1. The van der Waals surface area contributed by atoms with Gasteiger partial charge in [0.2, 0.25) is 0 Å². The monoisotopic (exact) mass is 548 g/mol. The summed E-state index contributed by atoms with van der Waals surface area (Å²) in [4.78, 5) is 23.2. The van der Waals surface area contributed by atoms with Gasteiger partial charge in [-0.05, 0) is 58.2 Å². The molecule has 7 heterocycles. The standard InChI is InChI=1S/C28H33FN8OS/c1-15(2)37-9-3-4-18(37)13-38-28-34-26-19(27(35-28)36-11-16-5-6-17(12-36)32-16)10-31-25(23(26)29)20-14-39-21-7-8-22(30)33-24(20)21/h7-8,10,14-18,32H,3-6,9,11-13H2,1-2H3,(H2,30,33)/t16?,17?,18-/m0/s1. The molecule has 2 unspecified atom stereocenters. The van der Waals surface area contributed by atoms with Crippen LogP contribution in [-0.2, 0) is 0 Å². The Morgan fingerprint density at radius 3 is 2.74 bits per heavy atom. The fourth-order valence-corrected chi connectivity index (χ4v) is 7.35. The lowest BCUT2D eigenvalue weighted by molar-refractivity contribution is 0.138. The van der Waals surface area contributed by atoms with Gasteiger partial charge in [-0.15, -0.1) is 11.3 Å².